The molecule has 0 bridgehead atoms. The number of halogens is 2. The Morgan fingerprint density at radius 1 is 1.25 bits per heavy atom. The van der Waals surface area contributed by atoms with Gasteiger partial charge in [-0.2, -0.15) is 0 Å². The van der Waals surface area contributed by atoms with Gasteiger partial charge in [-0.05, 0) is 37.6 Å². The van der Waals surface area contributed by atoms with Gasteiger partial charge in [0.2, 0.25) is 0 Å². The van der Waals surface area contributed by atoms with Crippen LogP contribution in [0.4, 0.5) is 20.3 Å². The molecule has 2 aromatic rings. The van der Waals surface area contributed by atoms with Crippen LogP contribution in [-0.4, -0.2) is 16.1 Å². The van der Waals surface area contributed by atoms with Gasteiger partial charge in [0.05, 0.1) is 5.69 Å². The first kappa shape index (κ1) is 13.9. The van der Waals surface area contributed by atoms with E-state index in [1.807, 2.05) is 0 Å². The van der Waals surface area contributed by atoms with Crippen molar-refractivity contribution < 1.29 is 18.7 Å². The van der Waals surface area contributed by atoms with E-state index >= 15 is 0 Å². The quantitative estimate of drug-likeness (QED) is 0.903. The fourth-order valence-electron chi connectivity index (χ4n) is 1.92. The van der Waals surface area contributed by atoms with Crippen LogP contribution in [0.25, 0.3) is 0 Å². The van der Waals surface area contributed by atoms with Gasteiger partial charge in [0.15, 0.2) is 0 Å². The fraction of sp³-hybridized carbons (Fsp3) is 0.143. The number of aryl methyl sites for hydroxylation is 2. The number of aromatic carboxylic acids is 1. The largest absolute Gasteiger partial charge is 0.478 e. The van der Waals surface area contributed by atoms with Crippen molar-refractivity contribution in [2.75, 3.05) is 5.32 Å². The average molecular weight is 278 g/mol. The number of anilines is 2. The van der Waals surface area contributed by atoms with Crippen molar-refractivity contribution in [3.63, 3.8) is 0 Å². The van der Waals surface area contributed by atoms with Gasteiger partial charge in [-0.3, -0.25) is 0 Å². The van der Waals surface area contributed by atoms with Crippen LogP contribution in [-0.2, 0) is 0 Å². The molecule has 0 radical (unpaired) electrons. The molecule has 1 aromatic carbocycles. The first-order valence-corrected chi connectivity index (χ1v) is 5.82. The van der Waals surface area contributed by atoms with E-state index in [9.17, 15) is 18.7 Å². The number of hydrogen-bond acceptors (Lipinski definition) is 3. The second kappa shape index (κ2) is 5.24. The Kier molecular flexibility index (Phi) is 3.65. The molecule has 20 heavy (non-hydrogen) atoms. The van der Waals surface area contributed by atoms with Crippen molar-refractivity contribution in [3.8, 4) is 0 Å². The summed E-state index contributed by atoms with van der Waals surface area (Å²) in [6.07, 6.45) is 0. The first-order chi connectivity index (χ1) is 9.38. The molecule has 0 aliphatic carbocycles. The Labute approximate surface area is 114 Å². The van der Waals surface area contributed by atoms with E-state index in [2.05, 4.69) is 10.3 Å². The third-order valence-electron chi connectivity index (χ3n) is 2.74. The average Bonchev–Trinajstić information content (AvgIpc) is 2.32. The summed E-state index contributed by atoms with van der Waals surface area (Å²) < 4.78 is 26.7. The van der Waals surface area contributed by atoms with E-state index in [0.717, 1.165) is 18.2 Å². The summed E-state index contributed by atoms with van der Waals surface area (Å²) in [4.78, 5) is 15.3. The summed E-state index contributed by atoms with van der Waals surface area (Å²) in [5.41, 5.74) is 0.834. The Balaban J connectivity index is 2.53. The number of nitrogens with zero attached hydrogens (tertiary/aromatic N) is 1. The molecule has 0 amide bonds. The Morgan fingerprint density at radius 3 is 2.60 bits per heavy atom. The number of aromatic nitrogens is 1. The summed E-state index contributed by atoms with van der Waals surface area (Å²) in [7, 11) is 0. The van der Waals surface area contributed by atoms with Gasteiger partial charge in [-0.1, -0.05) is 0 Å². The van der Waals surface area contributed by atoms with E-state index in [1.165, 1.54) is 0 Å². The molecule has 2 N–H and O–H groups in total. The highest BCUT2D eigenvalue weighted by Gasteiger charge is 2.17. The summed E-state index contributed by atoms with van der Waals surface area (Å²) >= 11 is 0. The topological polar surface area (TPSA) is 62.2 Å². The summed E-state index contributed by atoms with van der Waals surface area (Å²) in [6, 6.07) is 4.49. The molecule has 0 saturated carbocycles. The molecular weight excluding hydrogens is 266 g/mol. The number of rotatable bonds is 3. The molecular formula is C14H12F2N2O2. The van der Waals surface area contributed by atoms with E-state index in [1.54, 1.807) is 19.9 Å². The Morgan fingerprint density at radius 2 is 1.95 bits per heavy atom. The van der Waals surface area contributed by atoms with Crippen LogP contribution in [0.3, 0.4) is 0 Å². The predicted molar refractivity (Wildman–Crippen MR) is 70.3 cm³/mol. The van der Waals surface area contributed by atoms with Crippen LogP contribution in [0.15, 0.2) is 24.3 Å². The SMILES string of the molecule is Cc1cc(C)c(C(=O)O)c(Nc2cc(F)ccc2F)n1. The summed E-state index contributed by atoms with van der Waals surface area (Å²) in [6.45, 7) is 3.30. The number of hydrogen-bond donors (Lipinski definition) is 2. The summed E-state index contributed by atoms with van der Waals surface area (Å²) in [5.74, 6) is -2.52. The lowest BCUT2D eigenvalue weighted by Crippen LogP contribution is -2.09. The monoisotopic (exact) mass is 278 g/mol. The van der Waals surface area contributed by atoms with Crippen LogP contribution in [0, 0.1) is 25.5 Å². The van der Waals surface area contributed by atoms with Crippen molar-refractivity contribution in [1.82, 2.24) is 4.98 Å². The second-order valence-electron chi connectivity index (χ2n) is 4.36. The minimum atomic E-state index is -1.19. The van der Waals surface area contributed by atoms with Crippen LogP contribution >= 0.6 is 0 Å². The lowest BCUT2D eigenvalue weighted by molar-refractivity contribution is 0.0697. The third-order valence-corrected chi connectivity index (χ3v) is 2.74. The second-order valence-corrected chi connectivity index (χ2v) is 4.36. The molecule has 0 atom stereocenters. The van der Waals surface area contributed by atoms with Crippen molar-refractivity contribution in [3.05, 3.63) is 52.7 Å². The molecule has 0 unspecified atom stereocenters. The molecule has 6 heteroatoms. The molecule has 0 fully saturated rings. The van der Waals surface area contributed by atoms with Gasteiger partial charge in [0.25, 0.3) is 0 Å². The zero-order valence-corrected chi connectivity index (χ0v) is 10.9. The van der Waals surface area contributed by atoms with Crippen molar-refractivity contribution in [1.29, 1.82) is 0 Å². The molecule has 0 spiro atoms. The maximum atomic E-state index is 13.6. The Bertz CT molecular complexity index is 687. The lowest BCUT2D eigenvalue weighted by atomic mass is 10.1. The number of carboxylic acid groups (broad SMARTS) is 1. The van der Waals surface area contributed by atoms with Crippen LogP contribution in [0.5, 0.6) is 0 Å². The maximum absolute atomic E-state index is 13.6. The zero-order chi connectivity index (χ0) is 14.9. The van der Waals surface area contributed by atoms with Crippen LogP contribution in [0.2, 0.25) is 0 Å². The van der Waals surface area contributed by atoms with Crippen molar-refractivity contribution >= 4 is 17.5 Å². The standard InChI is InChI=1S/C14H12F2N2O2/c1-7-5-8(2)17-13(12(7)14(19)20)18-11-6-9(15)3-4-10(11)16/h3-6H,1-2H3,(H,17,18)(H,19,20). The molecule has 2 rings (SSSR count). The third kappa shape index (κ3) is 2.74. The number of pyridine rings is 1. The minimum absolute atomic E-state index is 0.0144. The van der Waals surface area contributed by atoms with Crippen LogP contribution < -0.4 is 5.32 Å². The fourth-order valence-corrected chi connectivity index (χ4v) is 1.92. The number of carboxylic acids is 1. The molecule has 104 valence electrons. The van der Waals surface area contributed by atoms with Gasteiger partial charge in [0.1, 0.15) is 23.0 Å². The Hall–Kier alpha value is -2.50. The number of nitrogens with one attached hydrogen (secondary N) is 1. The molecule has 4 nitrogen and oxygen atoms in total. The lowest BCUT2D eigenvalue weighted by Gasteiger charge is -2.12. The molecule has 1 aromatic heterocycles. The smallest absolute Gasteiger partial charge is 0.339 e. The highest BCUT2D eigenvalue weighted by Crippen LogP contribution is 2.25. The van der Waals surface area contributed by atoms with Crippen molar-refractivity contribution in [2.45, 2.75) is 13.8 Å². The van der Waals surface area contributed by atoms with Crippen molar-refractivity contribution in [2.24, 2.45) is 0 Å². The van der Waals surface area contributed by atoms with Gasteiger partial charge < -0.3 is 10.4 Å². The van der Waals surface area contributed by atoms with Crippen LogP contribution in [0.1, 0.15) is 21.6 Å². The van der Waals surface area contributed by atoms with E-state index < -0.39 is 17.6 Å². The van der Waals surface area contributed by atoms with E-state index in [0.29, 0.717) is 11.3 Å². The maximum Gasteiger partial charge on any atom is 0.339 e. The highest BCUT2D eigenvalue weighted by molar-refractivity contribution is 5.95. The zero-order valence-electron chi connectivity index (χ0n) is 10.9. The van der Waals surface area contributed by atoms with Gasteiger partial charge in [0, 0.05) is 11.8 Å². The highest BCUT2D eigenvalue weighted by atomic mass is 19.1. The van der Waals surface area contributed by atoms with Gasteiger partial charge in [-0.25, -0.2) is 18.6 Å². The number of benzene rings is 1. The predicted octanol–water partition coefficient (Wildman–Crippen LogP) is 3.42. The molecule has 0 aliphatic rings. The van der Waals surface area contributed by atoms with Gasteiger partial charge in [-0.15, -0.1) is 0 Å². The minimum Gasteiger partial charge on any atom is -0.478 e. The molecule has 1 heterocycles. The van der Waals surface area contributed by atoms with Gasteiger partial charge >= 0.3 is 5.97 Å². The van der Waals surface area contributed by atoms with E-state index in [4.69, 9.17) is 0 Å². The molecule has 0 saturated heterocycles. The molecule has 0 aliphatic heterocycles. The normalized spacial score (nSPS) is 10.4. The summed E-state index contributed by atoms with van der Waals surface area (Å²) in [5, 5.41) is 11.7. The number of carbonyl (C=O) groups is 1. The van der Waals surface area contributed by atoms with E-state index in [-0.39, 0.29) is 17.1 Å². The first-order valence-electron chi connectivity index (χ1n) is 5.82.